The zero-order valence-electron chi connectivity index (χ0n) is 14.0. The van der Waals surface area contributed by atoms with Crippen LogP contribution in [0.15, 0.2) is 12.2 Å². The van der Waals surface area contributed by atoms with Gasteiger partial charge in [0.2, 0.25) is 0 Å². The van der Waals surface area contributed by atoms with E-state index in [0.29, 0.717) is 15.4 Å². The standard InChI is InChI=1S/C19H30OS2/c1-13-4-6-16-17(19(13)21-10-3-11-22-19)7-5-14-12-15(20)8-9-18(14,16)2/h4,6,13-17,20H,3,5,7-12H2,1-2H3/t13-,14-,15-,16+,17-,18+/m1/s1. The first-order valence-corrected chi connectivity index (χ1v) is 11.2. The molecule has 1 nitrogen and oxygen atoms in total. The number of allylic oxidation sites excluding steroid dienone is 2. The fourth-order valence-electron chi connectivity index (χ4n) is 5.91. The lowest BCUT2D eigenvalue weighted by molar-refractivity contribution is -0.0603. The largest absolute Gasteiger partial charge is 0.393 e. The van der Waals surface area contributed by atoms with Gasteiger partial charge in [0.25, 0.3) is 0 Å². The Labute approximate surface area is 144 Å². The molecule has 1 saturated heterocycles. The molecule has 1 N–H and O–H groups in total. The molecule has 2 saturated carbocycles. The number of fused-ring (bicyclic) bond motifs is 4. The van der Waals surface area contributed by atoms with Crippen LogP contribution in [-0.4, -0.2) is 26.8 Å². The molecule has 3 heteroatoms. The molecule has 4 aliphatic rings. The van der Waals surface area contributed by atoms with Crippen molar-refractivity contribution < 1.29 is 5.11 Å². The third kappa shape index (κ3) is 2.25. The van der Waals surface area contributed by atoms with Crippen molar-refractivity contribution in [2.45, 2.75) is 62.6 Å². The van der Waals surface area contributed by atoms with Crippen LogP contribution in [0, 0.1) is 29.1 Å². The van der Waals surface area contributed by atoms with Gasteiger partial charge in [-0.15, -0.1) is 23.5 Å². The van der Waals surface area contributed by atoms with Crippen LogP contribution in [-0.2, 0) is 0 Å². The first kappa shape index (κ1) is 15.9. The number of aliphatic hydroxyl groups excluding tert-OH is 1. The van der Waals surface area contributed by atoms with Gasteiger partial charge < -0.3 is 5.11 Å². The summed E-state index contributed by atoms with van der Waals surface area (Å²) in [5.41, 5.74) is 0.435. The Hall–Kier alpha value is 0.400. The maximum atomic E-state index is 10.1. The monoisotopic (exact) mass is 338 g/mol. The molecule has 0 aromatic rings. The van der Waals surface area contributed by atoms with Crippen molar-refractivity contribution in [2.75, 3.05) is 11.5 Å². The van der Waals surface area contributed by atoms with Crippen LogP contribution < -0.4 is 0 Å². The van der Waals surface area contributed by atoms with Gasteiger partial charge in [-0.1, -0.05) is 26.0 Å². The molecule has 4 rings (SSSR count). The highest BCUT2D eigenvalue weighted by Crippen LogP contribution is 2.66. The molecule has 6 atom stereocenters. The summed E-state index contributed by atoms with van der Waals surface area (Å²) in [7, 11) is 0. The van der Waals surface area contributed by atoms with Crippen LogP contribution in [0.4, 0.5) is 0 Å². The molecule has 1 heterocycles. The Morgan fingerprint density at radius 1 is 1.09 bits per heavy atom. The molecule has 0 aromatic carbocycles. The lowest BCUT2D eigenvalue weighted by Gasteiger charge is -2.61. The van der Waals surface area contributed by atoms with E-state index < -0.39 is 0 Å². The molecule has 22 heavy (non-hydrogen) atoms. The summed E-state index contributed by atoms with van der Waals surface area (Å²) in [6, 6.07) is 0. The molecule has 0 radical (unpaired) electrons. The lowest BCUT2D eigenvalue weighted by atomic mass is 9.50. The van der Waals surface area contributed by atoms with Crippen LogP contribution in [0.5, 0.6) is 0 Å². The van der Waals surface area contributed by atoms with Gasteiger partial charge in [-0.05, 0) is 79.1 Å². The zero-order chi connectivity index (χ0) is 15.4. The number of rotatable bonds is 0. The SMILES string of the molecule is C[C@@H]1C=C[C@H]2[C@@H](CC[C@@H]3C[C@H](O)CC[C@@]32C)C12SCCCS2. The van der Waals surface area contributed by atoms with E-state index in [2.05, 4.69) is 49.5 Å². The summed E-state index contributed by atoms with van der Waals surface area (Å²) in [5, 5.41) is 10.1. The molecular weight excluding hydrogens is 308 g/mol. The van der Waals surface area contributed by atoms with Crippen LogP contribution in [0.1, 0.15) is 52.4 Å². The van der Waals surface area contributed by atoms with E-state index >= 15 is 0 Å². The van der Waals surface area contributed by atoms with Gasteiger partial charge in [-0.2, -0.15) is 0 Å². The highest BCUT2D eigenvalue weighted by Gasteiger charge is 2.58. The minimum absolute atomic E-state index is 0.0338. The second kappa shape index (κ2) is 5.74. The molecular formula is C19H30OS2. The molecule has 0 amide bonds. The predicted octanol–water partition coefficient (Wildman–Crippen LogP) is 4.95. The fraction of sp³-hybridized carbons (Fsp3) is 0.895. The summed E-state index contributed by atoms with van der Waals surface area (Å²) in [5.74, 6) is 5.75. The van der Waals surface area contributed by atoms with Crippen LogP contribution >= 0.6 is 23.5 Å². The second-order valence-corrected chi connectivity index (χ2v) is 11.3. The van der Waals surface area contributed by atoms with Crippen molar-refractivity contribution in [1.82, 2.24) is 0 Å². The first-order chi connectivity index (χ1) is 10.6. The van der Waals surface area contributed by atoms with Gasteiger partial charge in [0.1, 0.15) is 0 Å². The van der Waals surface area contributed by atoms with Crippen molar-refractivity contribution >= 4 is 23.5 Å². The quantitative estimate of drug-likeness (QED) is 0.631. The average Bonchev–Trinajstić information content (AvgIpc) is 2.53. The lowest BCUT2D eigenvalue weighted by Crippen LogP contribution is -2.55. The van der Waals surface area contributed by atoms with E-state index in [-0.39, 0.29) is 6.10 Å². The molecule has 0 aromatic heterocycles. The molecule has 1 aliphatic heterocycles. The van der Waals surface area contributed by atoms with E-state index in [0.717, 1.165) is 30.6 Å². The van der Waals surface area contributed by atoms with Gasteiger partial charge in [0.05, 0.1) is 10.2 Å². The fourth-order valence-corrected chi connectivity index (χ4v) is 9.78. The second-order valence-electron chi connectivity index (χ2n) is 8.29. The number of hydrogen-bond acceptors (Lipinski definition) is 3. The normalized spacial score (nSPS) is 50.4. The minimum atomic E-state index is -0.0338. The first-order valence-electron chi connectivity index (χ1n) is 9.20. The molecule has 0 bridgehead atoms. The minimum Gasteiger partial charge on any atom is -0.393 e. The predicted molar refractivity (Wildman–Crippen MR) is 98.2 cm³/mol. The van der Waals surface area contributed by atoms with E-state index in [1.54, 1.807) is 0 Å². The smallest absolute Gasteiger partial charge is 0.0704 e. The Bertz CT molecular complexity index is 456. The summed E-state index contributed by atoms with van der Waals surface area (Å²) < 4.78 is 0.446. The van der Waals surface area contributed by atoms with Crippen LogP contribution in [0.25, 0.3) is 0 Å². The Morgan fingerprint density at radius 3 is 2.64 bits per heavy atom. The van der Waals surface area contributed by atoms with E-state index in [4.69, 9.17) is 0 Å². The van der Waals surface area contributed by atoms with Gasteiger partial charge >= 0.3 is 0 Å². The summed E-state index contributed by atoms with van der Waals surface area (Å²) in [6.45, 7) is 5.00. The zero-order valence-corrected chi connectivity index (χ0v) is 15.6. The van der Waals surface area contributed by atoms with Gasteiger partial charge in [-0.25, -0.2) is 0 Å². The Kier molecular flexibility index (Phi) is 4.15. The number of aliphatic hydroxyl groups is 1. The van der Waals surface area contributed by atoms with Crippen LogP contribution in [0.2, 0.25) is 0 Å². The third-order valence-corrected chi connectivity index (χ3v) is 11.2. The average molecular weight is 339 g/mol. The highest BCUT2D eigenvalue weighted by molar-refractivity contribution is 8.18. The Balaban J connectivity index is 1.68. The van der Waals surface area contributed by atoms with Crippen molar-refractivity contribution in [3.05, 3.63) is 12.2 Å². The highest BCUT2D eigenvalue weighted by atomic mass is 32.2. The van der Waals surface area contributed by atoms with Crippen molar-refractivity contribution in [1.29, 1.82) is 0 Å². The van der Waals surface area contributed by atoms with Gasteiger partial charge in [0.15, 0.2) is 0 Å². The topological polar surface area (TPSA) is 20.2 Å². The summed E-state index contributed by atoms with van der Waals surface area (Å²) in [4.78, 5) is 0. The van der Waals surface area contributed by atoms with Crippen LogP contribution in [0.3, 0.4) is 0 Å². The van der Waals surface area contributed by atoms with E-state index in [9.17, 15) is 5.11 Å². The van der Waals surface area contributed by atoms with Gasteiger partial charge in [-0.3, -0.25) is 0 Å². The molecule has 3 aliphatic carbocycles. The third-order valence-electron chi connectivity index (χ3n) is 7.23. The van der Waals surface area contributed by atoms with E-state index in [1.165, 1.54) is 37.2 Å². The van der Waals surface area contributed by atoms with Crippen molar-refractivity contribution in [3.8, 4) is 0 Å². The Morgan fingerprint density at radius 2 is 1.86 bits per heavy atom. The van der Waals surface area contributed by atoms with Crippen molar-refractivity contribution in [2.24, 2.45) is 29.1 Å². The van der Waals surface area contributed by atoms with Gasteiger partial charge in [0, 0.05) is 0 Å². The maximum Gasteiger partial charge on any atom is 0.0704 e. The molecule has 1 spiro atoms. The number of thioether (sulfide) groups is 2. The summed E-state index contributed by atoms with van der Waals surface area (Å²) >= 11 is 4.56. The summed E-state index contributed by atoms with van der Waals surface area (Å²) in [6.07, 6.45) is 12.5. The van der Waals surface area contributed by atoms with E-state index in [1.807, 2.05) is 0 Å². The molecule has 124 valence electrons. The van der Waals surface area contributed by atoms with Crippen molar-refractivity contribution in [3.63, 3.8) is 0 Å². The molecule has 3 fully saturated rings. The maximum absolute atomic E-state index is 10.1. The molecule has 0 unspecified atom stereocenters. The number of hydrogen-bond donors (Lipinski definition) is 1.